The smallest absolute Gasteiger partial charge is 0.425 e. The Bertz CT molecular complexity index is 781. The fraction of sp³-hybridized carbons (Fsp3) is 0.714. The number of alkyl halides is 3. The first-order valence-electron chi connectivity index (χ1n) is 10.0. The van der Waals surface area contributed by atoms with Crippen molar-refractivity contribution in [2.24, 2.45) is 0 Å². The average Bonchev–Trinajstić information content (AvgIpc) is 2.62. The molecule has 1 fully saturated rings. The number of ether oxygens (including phenoxy) is 3. The lowest BCUT2D eigenvalue weighted by atomic mass is 9.84. The van der Waals surface area contributed by atoms with Crippen LogP contribution in [0.25, 0.3) is 0 Å². The molecule has 5 nitrogen and oxygen atoms in total. The first-order chi connectivity index (χ1) is 13.8. The Hall–Kier alpha value is -1.03. The third-order valence-corrected chi connectivity index (χ3v) is 6.40. The molecule has 0 saturated carbocycles. The maximum absolute atomic E-state index is 13.0. The van der Waals surface area contributed by atoms with Crippen molar-refractivity contribution in [3.63, 3.8) is 0 Å². The number of halogens is 4. The molecule has 0 radical (unpaired) electrons. The van der Waals surface area contributed by atoms with Crippen molar-refractivity contribution < 1.29 is 32.5 Å². The minimum absolute atomic E-state index is 0.0554. The van der Waals surface area contributed by atoms with Crippen LogP contribution in [0.15, 0.2) is 10.5 Å². The molecule has 0 spiro atoms. The second kappa shape index (κ2) is 8.48. The Morgan fingerprint density at radius 1 is 1.27 bits per heavy atom. The molecule has 30 heavy (non-hydrogen) atoms. The number of hydrogen-bond acceptors (Lipinski definition) is 5. The summed E-state index contributed by atoms with van der Waals surface area (Å²) >= 11 is 3.46. The van der Waals surface area contributed by atoms with Crippen molar-refractivity contribution in [2.45, 2.75) is 76.7 Å². The summed E-state index contributed by atoms with van der Waals surface area (Å²) in [5.41, 5.74) is 1.47. The van der Waals surface area contributed by atoms with Crippen molar-refractivity contribution >= 4 is 15.9 Å². The first kappa shape index (κ1) is 23.6. The van der Waals surface area contributed by atoms with Crippen LogP contribution in [0.3, 0.4) is 0 Å². The van der Waals surface area contributed by atoms with E-state index in [2.05, 4.69) is 20.8 Å². The van der Waals surface area contributed by atoms with Crippen molar-refractivity contribution in [2.75, 3.05) is 20.2 Å². The molecule has 0 aliphatic carbocycles. The molecule has 1 saturated heterocycles. The minimum Gasteiger partial charge on any atom is -0.493 e. The van der Waals surface area contributed by atoms with Crippen LogP contribution >= 0.6 is 15.9 Å². The van der Waals surface area contributed by atoms with Gasteiger partial charge in [-0.05, 0) is 73.7 Å². The van der Waals surface area contributed by atoms with E-state index in [1.54, 1.807) is 6.07 Å². The molecule has 1 N–H and O–H groups in total. The molecule has 170 valence electrons. The van der Waals surface area contributed by atoms with Crippen LogP contribution in [-0.2, 0) is 11.2 Å². The zero-order valence-electron chi connectivity index (χ0n) is 17.8. The second-order valence-electron chi connectivity index (χ2n) is 8.92. The van der Waals surface area contributed by atoms with Crippen LogP contribution in [0.2, 0.25) is 0 Å². The Labute approximate surface area is 183 Å². The van der Waals surface area contributed by atoms with Gasteiger partial charge in [-0.3, -0.25) is 4.90 Å². The normalized spacial score (nSPS) is 26.0. The van der Waals surface area contributed by atoms with Crippen LogP contribution in [0.4, 0.5) is 13.2 Å². The summed E-state index contributed by atoms with van der Waals surface area (Å²) in [4.78, 5) is 2.26. The lowest BCUT2D eigenvalue weighted by Crippen LogP contribution is -2.53. The Kier molecular flexibility index (Phi) is 6.68. The van der Waals surface area contributed by atoms with Gasteiger partial charge in [0.1, 0.15) is 0 Å². The molecule has 1 unspecified atom stereocenters. The minimum atomic E-state index is -4.48. The van der Waals surface area contributed by atoms with E-state index in [4.69, 9.17) is 14.2 Å². The molecule has 0 amide bonds. The van der Waals surface area contributed by atoms with Gasteiger partial charge in [0.05, 0.1) is 29.4 Å². The van der Waals surface area contributed by atoms with Crippen molar-refractivity contribution in [3.05, 3.63) is 21.7 Å². The number of benzene rings is 1. The predicted octanol–water partition coefficient (Wildman–Crippen LogP) is 4.63. The van der Waals surface area contributed by atoms with E-state index in [0.29, 0.717) is 30.4 Å². The monoisotopic (exact) mass is 495 g/mol. The van der Waals surface area contributed by atoms with Crippen LogP contribution in [0.1, 0.15) is 51.3 Å². The molecule has 2 aliphatic heterocycles. The highest BCUT2D eigenvalue weighted by molar-refractivity contribution is 9.10. The summed E-state index contributed by atoms with van der Waals surface area (Å²) < 4.78 is 56.2. The Morgan fingerprint density at radius 2 is 1.93 bits per heavy atom. The van der Waals surface area contributed by atoms with Gasteiger partial charge in [-0.1, -0.05) is 0 Å². The van der Waals surface area contributed by atoms with Crippen molar-refractivity contribution in [3.8, 4) is 11.5 Å². The molecule has 9 heteroatoms. The standard InChI is InChI=1S/C21H29BrF3NO4/c1-11(21(23,24)25)29-19-16(28-5)8-13-12(18(19)22)6-7-26-10-17(30-20(2,3)4)15(27)9-14(13)26/h8,11,14-15,17,27H,6-7,9-10H2,1-5H3/t11?,14-,15-,17-/m1/s1. The zero-order chi connectivity index (χ0) is 22.4. The van der Waals surface area contributed by atoms with Crippen LogP contribution in [0, 0.1) is 0 Å². The summed E-state index contributed by atoms with van der Waals surface area (Å²) in [7, 11) is 1.41. The molecular formula is C21H29BrF3NO4. The largest absolute Gasteiger partial charge is 0.493 e. The Morgan fingerprint density at radius 3 is 2.50 bits per heavy atom. The predicted molar refractivity (Wildman–Crippen MR) is 110 cm³/mol. The highest BCUT2D eigenvalue weighted by Gasteiger charge is 2.43. The summed E-state index contributed by atoms with van der Waals surface area (Å²) in [6.07, 6.45) is -6.25. The average molecular weight is 496 g/mol. The topological polar surface area (TPSA) is 51.2 Å². The molecular weight excluding hydrogens is 467 g/mol. The number of nitrogens with zero attached hydrogens (tertiary/aromatic N) is 1. The van der Waals surface area contributed by atoms with E-state index in [9.17, 15) is 18.3 Å². The lowest BCUT2D eigenvalue weighted by Gasteiger charge is -2.47. The number of hydrogen-bond donors (Lipinski definition) is 1. The molecule has 0 bridgehead atoms. The van der Waals surface area contributed by atoms with Gasteiger partial charge < -0.3 is 19.3 Å². The molecule has 1 aromatic carbocycles. The van der Waals surface area contributed by atoms with Gasteiger partial charge in [0.2, 0.25) is 0 Å². The van der Waals surface area contributed by atoms with Crippen LogP contribution in [-0.4, -0.2) is 60.3 Å². The fourth-order valence-electron chi connectivity index (χ4n) is 4.13. The van der Waals surface area contributed by atoms with Gasteiger partial charge >= 0.3 is 6.18 Å². The maximum Gasteiger partial charge on any atom is 0.425 e. The summed E-state index contributed by atoms with van der Waals surface area (Å²) in [5.74, 6) is 0.293. The zero-order valence-corrected chi connectivity index (χ0v) is 19.4. The van der Waals surface area contributed by atoms with Gasteiger partial charge in [0.15, 0.2) is 17.6 Å². The number of aliphatic hydroxyl groups excluding tert-OH is 1. The van der Waals surface area contributed by atoms with Crippen LogP contribution in [0.5, 0.6) is 11.5 Å². The summed E-state index contributed by atoms with van der Waals surface area (Å²) in [6, 6.07) is 1.68. The van der Waals surface area contributed by atoms with Gasteiger partial charge in [0.25, 0.3) is 0 Å². The van der Waals surface area contributed by atoms with Gasteiger partial charge in [-0.2, -0.15) is 13.2 Å². The van der Waals surface area contributed by atoms with Gasteiger partial charge in [-0.15, -0.1) is 0 Å². The highest BCUT2D eigenvalue weighted by atomic mass is 79.9. The molecule has 2 heterocycles. The number of aliphatic hydroxyl groups is 1. The van der Waals surface area contributed by atoms with E-state index in [1.165, 1.54) is 7.11 Å². The second-order valence-corrected chi connectivity index (χ2v) is 9.72. The number of methoxy groups -OCH3 is 1. The first-order valence-corrected chi connectivity index (χ1v) is 10.8. The number of rotatable bonds is 4. The third-order valence-electron chi connectivity index (χ3n) is 5.56. The molecule has 4 atom stereocenters. The quantitative estimate of drug-likeness (QED) is 0.659. The van der Waals surface area contributed by atoms with Gasteiger partial charge in [-0.25, -0.2) is 0 Å². The van der Waals surface area contributed by atoms with E-state index < -0.39 is 18.4 Å². The van der Waals surface area contributed by atoms with Crippen molar-refractivity contribution in [1.29, 1.82) is 0 Å². The Balaban J connectivity index is 1.91. The number of fused-ring (bicyclic) bond motifs is 3. The molecule has 1 aromatic rings. The van der Waals surface area contributed by atoms with Gasteiger partial charge in [0, 0.05) is 19.1 Å². The van der Waals surface area contributed by atoms with E-state index in [-0.39, 0.29) is 29.2 Å². The third kappa shape index (κ3) is 4.89. The highest BCUT2D eigenvalue weighted by Crippen LogP contribution is 2.48. The SMILES string of the molecule is COc1cc2c(c(Br)c1OC(C)C(F)(F)F)CCN1C[C@@H](OC(C)(C)C)[C@H](O)C[C@H]21. The molecule has 2 aliphatic rings. The summed E-state index contributed by atoms with van der Waals surface area (Å²) in [6.45, 7) is 8.16. The van der Waals surface area contributed by atoms with E-state index in [0.717, 1.165) is 18.1 Å². The molecule has 0 aromatic heterocycles. The summed E-state index contributed by atoms with van der Waals surface area (Å²) in [5, 5.41) is 10.7. The maximum atomic E-state index is 13.0. The lowest BCUT2D eigenvalue weighted by molar-refractivity contribution is -0.189. The van der Waals surface area contributed by atoms with Crippen LogP contribution < -0.4 is 9.47 Å². The number of piperidine rings is 1. The van der Waals surface area contributed by atoms with E-state index >= 15 is 0 Å². The van der Waals surface area contributed by atoms with E-state index in [1.807, 2.05) is 20.8 Å². The molecule has 3 rings (SSSR count). The van der Waals surface area contributed by atoms with Crippen molar-refractivity contribution in [1.82, 2.24) is 4.90 Å². The fourth-order valence-corrected chi connectivity index (χ4v) is 4.84.